The van der Waals surface area contributed by atoms with Crippen molar-refractivity contribution in [3.8, 4) is 0 Å². The molecule has 4 nitrogen and oxygen atoms in total. The Balaban J connectivity index is 1.70. The number of fused-ring (bicyclic) bond motifs is 2. The van der Waals surface area contributed by atoms with E-state index in [4.69, 9.17) is 9.47 Å². The van der Waals surface area contributed by atoms with Crippen molar-refractivity contribution in [2.75, 3.05) is 13.2 Å². The molecule has 2 aliphatic heterocycles. The molecule has 0 saturated carbocycles. The van der Waals surface area contributed by atoms with Gasteiger partial charge in [-0.2, -0.15) is 0 Å². The summed E-state index contributed by atoms with van der Waals surface area (Å²) in [4.78, 5) is 23.2. The molecule has 0 N–H and O–H groups in total. The zero-order valence-corrected chi connectivity index (χ0v) is 12.1. The molecule has 4 rings (SSSR count). The monoisotopic (exact) mass is 294 g/mol. The minimum atomic E-state index is -0.0358. The molecule has 4 heteroatoms. The highest BCUT2D eigenvalue weighted by molar-refractivity contribution is 6.06. The average Bonchev–Trinajstić information content (AvgIpc) is 3.04. The maximum absolute atomic E-state index is 11.6. The number of ketones is 2. The first-order valence-corrected chi connectivity index (χ1v) is 7.21. The first-order chi connectivity index (χ1) is 10.6. The Morgan fingerprint density at radius 3 is 2.41 bits per heavy atom. The number of ether oxygens (including phenoxy) is 2. The maximum atomic E-state index is 11.6. The van der Waals surface area contributed by atoms with Crippen molar-refractivity contribution >= 4 is 11.6 Å². The number of hydrogen-bond acceptors (Lipinski definition) is 4. The van der Waals surface area contributed by atoms with Gasteiger partial charge in [0.2, 0.25) is 0 Å². The lowest BCUT2D eigenvalue weighted by Crippen LogP contribution is -2.13. The molecule has 2 aliphatic carbocycles. The summed E-state index contributed by atoms with van der Waals surface area (Å²) in [5.41, 5.74) is 5.02. The lowest BCUT2D eigenvalue weighted by molar-refractivity contribution is -0.111. The van der Waals surface area contributed by atoms with E-state index in [9.17, 15) is 9.59 Å². The van der Waals surface area contributed by atoms with E-state index in [1.54, 1.807) is 12.2 Å². The third-order valence-electron chi connectivity index (χ3n) is 4.22. The van der Waals surface area contributed by atoms with Gasteiger partial charge < -0.3 is 9.47 Å². The molecule has 4 aliphatic rings. The van der Waals surface area contributed by atoms with E-state index in [0.717, 1.165) is 27.9 Å². The fraction of sp³-hybridized carbons (Fsp3) is 0.222. The van der Waals surface area contributed by atoms with Gasteiger partial charge in [-0.25, -0.2) is 0 Å². The molecule has 0 fully saturated rings. The number of carbonyl (C=O) groups excluding carboxylic acids is 2. The second-order valence-corrected chi connectivity index (χ2v) is 5.70. The van der Waals surface area contributed by atoms with Crippen molar-refractivity contribution in [1.29, 1.82) is 0 Å². The van der Waals surface area contributed by atoms with E-state index in [1.165, 1.54) is 12.2 Å². The van der Waals surface area contributed by atoms with Crippen LogP contribution in [0, 0.1) is 0 Å². The van der Waals surface area contributed by atoms with Crippen LogP contribution in [0.3, 0.4) is 0 Å². The van der Waals surface area contributed by atoms with Crippen LogP contribution in [-0.4, -0.2) is 24.8 Å². The molecule has 2 heterocycles. The molecule has 0 unspecified atom stereocenters. The number of hydrogen-bond donors (Lipinski definition) is 0. The first kappa shape index (κ1) is 13.1. The SMILES string of the molecule is CC1=C(CC2=CCOC3=CC(=O)C=C23)C2=CC(=O)C=C2OC1. The van der Waals surface area contributed by atoms with Crippen LogP contribution < -0.4 is 0 Å². The molecule has 0 saturated heterocycles. The molecule has 0 atom stereocenters. The standard InChI is InChI=1S/C18H14O4/c1-10-9-22-18-8-13(20)6-16(18)14(10)4-11-2-3-21-17-7-12(19)5-15(11)17/h2,5-8H,3-4,9H2,1H3. The summed E-state index contributed by atoms with van der Waals surface area (Å²) >= 11 is 0. The lowest BCUT2D eigenvalue weighted by Gasteiger charge is -2.25. The van der Waals surface area contributed by atoms with Gasteiger partial charge in [-0.15, -0.1) is 0 Å². The first-order valence-electron chi connectivity index (χ1n) is 7.21. The number of rotatable bonds is 2. The van der Waals surface area contributed by atoms with Crippen LogP contribution in [0.5, 0.6) is 0 Å². The summed E-state index contributed by atoms with van der Waals surface area (Å²) in [6.45, 7) is 2.98. The fourth-order valence-electron chi connectivity index (χ4n) is 3.10. The second-order valence-electron chi connectivity index (χ2n) is 5.70. The topological polar surface area (TPSA) is 52.6 Å². The van der Waals surface area contributed by atoms with Gasteiger partial charge in [-0.3, -0.25) is 9.59 Å². The largest absolute Gasteiger partial charge is 0.489 e. The highest BCUT2D eigenvalue weighted by atomic mass is 16.5. The van der Waals surface area contributed by atoms with Gasteiger partial charge >= 0.3 is 0 Å². The summed E-state index contributed by atoms with van der Waals surface area (Å²) in [5.74, 6) is 1.24. The van der Waals surface area contributed by atoms with Gasteiger partial charge in [0.15, 0.2) is 11.6 Å². The van der Waals surface area contributed by atoms with E-state index >= 15 is 0 Å². The highest BCUT2D eigenvalue weighted by Gasteiger charge is 2.29. The van der Waals surface area contributed by atoms with Crippen molar-refractivity contribution in [2.24, 2.45) is 0 Å². The Morgan fingerprint density at radius 1 is 0.955 bits per heavy atom. The molecular weight excluding hydrogens is 280 g/mol. The third-order valence-corrected chi connectivity index (χ3v) is 4.22. The third kappa shape index (κ3) is 1.99. The summed E-state index contributed by atoms with van der Waals surface area (Å²) in [5, 5.41) is 0. The molecule has 0 spiro atoms. The van der Waals surface area contributed by atoms with Gasteiger partial charge in [-0.1, -0.05) is 0 Å². The van der Waals surface area contributed by atoms with Crippen molar-refractivity contribution < 1.29 is 19.1 Å². The quantitative estimate of drug-likeness (QED) is 0.785. The predicted molar refractivity (Wildman–Crippen MR) is 79.7 cm³/mol. The van der Waals surface area contributed by atoms with Crippen molar-refractivity contribution in [1.82, 2.24) is 0 Å². The molecule has 0 bridgehead atoms. The zero-order chi connectivity index (χ0) is 15.3. The van der Waals surface area contributed by atoms with Crippen LogP contribution in [0.15, 0.2) is 69.8 Å². The molecule has 0 amide bonds. The maximum Gasteiger partial charge on any atom is 0.183 e. The van der Waals surface area contributed by atoms with E-state index in [-0.39, 0.29) is 11.6 Å². The van der Waals surface area contributed by atoms with Crippen molar-refractivity contribution in [2.45, 2.75) is 13.3 Å². The minimum absolute atomic E-state index is 0.0333. The van der Waals surface area contributed by atoms with Crippen molar-refractivity contribution in [3.63, 3.8) is 0 Å². The summed E-state index contributed by atoms with van der Waals surface area (Å²) < 4.78 is 11.1. The van der Waals surface area contributed by atoms with Gasteiger partial charge in [0, 0.05) is 23.3 Å². The Hall–Kier alpha value is -2.62. The molecule has 110 valence electrons. The van der Waals surface area contributed by atoms with Crippen LogP contribution in [0.2, 0.25) is 0 Å². The Kier molecular flexibility index (Phi) is 2.79. The molecule has 22 heavy (non-hydrogen) atoms. The fourth-order valence-corrected chi connectivity index (χ4v) is 3.10. The molecule has 0 aromatic heterocycles. The predicted octanol–water partition coefficient (Wildman–Crippen LogP) is 2.47. The summed E-state index contributed by atoms with van der Waals surface area (Å²) in [6, 6.07) is 0. The summed E-state index contributed by atoms with van der Waals surface area (Å²) in [7, 11) is 0. The molecule has 0 radical (unpaired) electrons. The van der Waals surface area contributed by atoms with Crippen molar-refractivity contribution in [3.05, 3.63) is 69.8 Å². The Morgan fingerprint density at radius 2 is 1.64 bits per heavy atom. The van der Waals surface area contributed by atoms with Crippen LogP contribution in [-0.2, 0) is 19.1 Å². The van der Waals surface area contributed by atoms with Gasteiger partial charge in [-0.05, 0) is 48.3 Å². The van der Waals surface area contributed by atoms with E-state index in [0.29, 0.717) is 31.2 Å². The van der Waals surface area contributed by atoms with Gasteiger partial charge in [0.05, 0.1) is 0 Å². The lowest BCUT2D eigenvalue weighted by atomic mass is 9.88. The van der Waals surface area contributed by atoms with E-state index < -0.39 is 0 Å². The molecule has 0 aromatic rings. The van der Waals surface area contributed by atoms with Gasteiger partial charge in [0.1, 0.15) is 24.7 Å². The minimum Gasteiger partial charge on any atom is -0.489 e. The molecule has 0 aromatic carbocycles. The second kappa shape index (κ2) is 4.70. The Bertz CT molecular complexity index is 797. The zero-order valence-electron chi connectivity index (χ0n) is 12.1. The normalized spacial score (nSPS) is 22.9. The highest BCUT2D eigenvalue weighted by Crippen LogP contribution is 2.40. The van der Waals surface area contributed by atoms with Crippen LogP contribution in [0.4, 0.5) is 0 Å². The number of allylic oxidation sites excluding steroid dienone is 6. The van der Waals surface area contributed by atoms with Crippen LogP contribution >= 0.6 is 0 Å². The van der Waals surface area contributed by atoms with Crippen LogP contribution in [0.1, 0.15) is 13.3 Å². The molecular formula is C18H14O4. The van der Waals surface area contributed by atoms with Gasteiger partial charge in [0.25, 0.3) is 0 Å². The average molecular weight is 294 g/mol. The number of carbonyl (C=O) groups is 2. The Labute approximate surface area is 127 Å². The summed E-state index contributed by atoms with van der Waals surface area (Å²) in [6.07, 6.45) is 8.96. The van der Waals surface area contributed by atoms with E-state index in [2.05, 4.69) is 0 Å². The smallest absolute Gasteiger partial charge is 0.183 e. The van der Waals surface area contributed by atoms with Crippen LogP contribution in [0.25, 0.3) is 0 Å². The van der Waals surface area contributed by atoms with E-state index in [1.807, 2.05) is 13.0 Å².